The van der Waals surface area contributed by atoms with E-state index in [1.165, 1.54) is 44.9 Å². The Bertz CT molecular complexity index is 1590. The Hall–Kier alpha value is -4.30. The lowest BCUT2D eigenvalue weighted by Crippen LogP contribution is -2.55. The first-order valence-electron chi connectivity index (χ1n) is 13.2. The van der Waals surface area contributed by atoms with Crippen molar-refractivity contribution in [1.82, 2.24) is 0 Å². The summed E-state index contributed by atoms with van der Waals surface area (Å²) in [6.45, 7) is 4.59. The van der Waals surface area contributed by atoms with Gasteiger partial charge < -0.3 is 0 Å². The van der Waals surface area contributed by atoms with Crippen LogP contribution in [0.3, 0.4) is 0 Å². The summed E-state index contributed by atoms with van der Waals surface area (Å²) < 4.78 is 4.84. The molecule has 5 aromatic rings. The van der Waals surface area contributed by atoms with Crippen molar-refractivity contribution in [2.75, 3.05) is 0 Å². The fraction of sp³-hybridized carbons (Fsp3) is 0.143. The van der Waals surface area contributed by atoms with Gasteiger partial charge in [0.15, 0.2) is 17.9 Å². The highest BCUT2D eigenvalue weighted by Crippen LogP contribution is 2.33. The van der Waals surface area contributed by atoms with Crippen LogP contribution in [0, 0.1) is 0 Å². The van der Waals surface area contributed by atoms with Crippen LogP contribution < -0.4 is 9.13 Å². The quantitative estimate of drug-likeness (QED) is 0.233. The van der Waals surface area contributed by atoms with E-state index in [0.29, 0.717) is 0 Å². The number of aromatic nitrogens is 2. The van der Waals surface area contributed by atoms with E-state index in [4.69, 9.17) is 0 Å². The number of nitrogens with zero attached hydrogens (tertiary/aromatic N) is 2. The second-order valence-corrected chi connectivity index (χ2v) is 9.74. The van der Waals surface area contributed by atoms with Gasteiger partial charge in [0.2, 0.25) is 17.1 Å². The molecule has 3 aromatic carbocycles. The van der Waals surface area contributed by atoms with Crippen LogP contribution in [0.5, 0.6) is 0 Å². The molecule has 0 N–H and O–H groups in total. The van der Waals surface area contributed by atoms with Crippen LogP contribution >= 0.6 is 0 Å². The lowest BCUT2D eigenvalue weighted by Gasteiger charge is -2.24. The molecule has 180 valence electrons. The zero-order valence-electron chi connectivity index (χ0n) is 21.5. The summed E-state index contributed by atoms with van der Waals surface area (Å²) in [6.07, 6.45) is 11.2. The van der Waals surface area contributed by atoms with Gasteiger partial charge in [0.1, 0.15) is 5.56 Å². The van der Waals surface area contributed by atoms with E-state index in [9.17, 15) is 0 Å². The standard InChI is InChI=1S/C35H32N2/c1-3-35(4-2)23-21-28-16-8-9-17-30(28)34-26-29(27-14-6-5-7-15-27)22-25-36(34)32-19-11-10-18-31(32)33-20-12-13-24-37(33)35/h5-26H,3-4H2,1-2H3/q+2. The van der Waals surface area contributed by atoms with Crippen molar-refractivity contribution >= 4 is 6.08 Å². The summed E-state index contributed by atoms with van der Waals surface area (Å²) in [5.41, 5.74) is 9.56. The van der Waals surface area contributed by atoms with E-state index >= 15 is 0 Å². The molecule has 0 spiro atoms. The lowest BCUT2D eigenvalue weighted by molar-refractivity contribution is -0.744. The Morgan fingerprint density at radius 2 is 1.30 bits per heavy atom. The molecule has 0 saturated carbocycles. The van der Waals surface area contributed by atoms with Gasteiger partial charge in [-0.05, 0) is 41.0 Å². The van der Waals surface area contributed by atoms with Crippen molar-refractivity contribution in [1.29, 1.82) is 0 Å². The molecular weight excluding hydrogens is 448 g/mol. The molecule has 3 heterocycles. The number of hydrogen-bond acceptors (Lipinski definition) is 0. The Kier molecular flexibility index (Phi) is 6.02. The van der Waals surface area contributed by atoms with Gasteiger partial charge in [-0.2, -0.15) is 9.13 Å². The Morgan fingerprint density at radius 1 is 0.595 bits per heavy atom. The molecule has 0 bridgehead atoms. The van der Waals surface area contributed by atoms with Crippen molar-refractivity contribution in [2.45, 2.75) is 32.2 Å². The maximum atomic E-state index is 2.48. The molecule has 0 fully saturated rings. The number of allylic oxidation sites excluding steroid dienone is 1. The molecule has 37 heavy (non-hydrogen) atoms. The van der Waals surface area contributed by atoms with Crippen LogP contribution in [0.2, 0.25) is 0 Å². The first-order valence-corrected chi connectivity index (χ1v) is 13.2. The van der Waals surface area contributed by atoms with Gasteiger partial charge in [0.25, 0.3) is 0 Å². The van der Waals surface area contributed by atoms with Crippen molar-refractivity contribution < 1.29 is 9.13 Å². The molecule has 0 atom stereocenters. The van der Waals surface area contributed by atoms with Gasteiger partial charge in [0.05, 0.1) is 5.56 Å². The summed E-state index contributed by atoms with van der Waals surface area (Å²) in [5, 5.41) is 0. The highest BCUT2D eigenvalue weighted by molar-refractivity contribution is 5.76. The third-order valence-corrected chi connectivity index (χ3v) is 7.88. The molecule has 1 aliphatic heterocycles. The maximum Gasteiger partial charge on any atom is 0.225 e. The molecule has 0 unspecified atom stereocenters. The summed E-state index contributed by atoms with van der Waals surface area (Å²) in [4.78, 5) is 0. The number of hydrogen-bond donors (Lipinski definition) is 0. The topological polar surface area (TPSA) is 7.76 Å². The predicted octanol–water partition coefficient (Wildman–Crippen LogP) is 7.79. The monoisotopic (exact) mass is 480 g/mol. The fourth-order valence-corrected chi connectivity index (χ4v) is 5.71. The van der Waals surface area contributed by atoms with E-state index in [2.05, 4.69) is 157 Å². The third kappa shape index (κ3) is 3.99. The summed E-state index contributed by atoms with van der Waals surface area (Å²) in [5.74, 6) is 0. The van der Waals surface area contributed by atoms with E-state index in [1.54, 1.807) is 0 Å². The van der Waals surface area contributed by atoms with Crippen LogP contribution in [-0.2, 0) is 5.54 Å². The number of benzene rings is 3. The second-order valence-electron chi connectivity index (χ2n) is 9.74. The minimum Gasteiger partial charge on any atom is -0.189 e. The molecule has 2 aromatic heterocycles. The minimum atomic E-state index is -0.132. The minimum absolute atomic E-state index is 0.132. The normalized spacial score (nSPS) is 13.5. The first kappa shape index (κ1) is 23.1. The fourth-order valence-electron chi connectivity index (χ4n) is 5.71. The van der Waals surface area contributed by atoms with Crippen LogP contribution in [0.25, 0.3) is 45.4 Å². The number of para-hydroxylation sites is 1. The summed E-state index contributed by atoms with van der Waals surface area (Å²) >= 11 is 0. The number of fused-ring (bicyclic) bond motifs is 7. The largest absolute Gasteiger partial charge is 0.225 e. The van der Waals surface area contributed by atoms with Gasteiger partial charge >= 0.3 is 0 Å². The number of rotatable bonds is 3. The zero-order valence-corrected chi connectivity index (χ0v) is 21.5. The van der Waals surface area contributed by atoms with E-state index in [1.807, 2.05) is 0 Å². The van der Waals surface area contributed by atoms with Crippen molar-refractivity contribution in [3.63, 3.8) is 0 Å². The van der Waals surface area contributed by atoms with Crippen molar-refractivity contribution in [2.24, 2.45) is 0 Å². The Balaban J connectivity index is 1.74. The van der Waals surface area contributed by atoms with Crippen LogP contribution in [0.1, 0.15) is 32.3 Å². The van der Waals surface area contributed by atoms with Crippen LogP contribution in [0.15, 0.2) is 128 Å². The molecule has 0 aliphatic carbocycles. The van der Waals surface area contributed by atoms with E-state index < -0.39 is 0 Å². The highest BCUT2D eigenvalue weighted by atomic mass is 15.1. The third-order valence-electron chi connectivity index (χ3n) is 7.88. The summed E-state index contributed by atoms with van der Waals surface area (Å²) in [6, 6.07) is 39.3. The van der Waals surface area contributed by atoms with Crippen LogP contribution in [-0.4, -0.2) is 0 Å². The molecule has 0 amide bonds. The molecule has 0 saturated heterocycles. The smallest absolute Gasteiger partial charge is 0.189 e. The maximum absolute atomic E-state index is 2.48. The Labute approximate surface area is 219 Å². The molecule has 6 rings (SSSR count). The summed E-state index contributed by atoms with van der Waals surface area (Å²) in [7, 11) is 0. The molecule has 0 radical (unpaired) electrons. The highest BCUT2D eigenvalue weighted by Gasteiger charge is 2.38. The first-order chi connectivity index (χ1) is 18.2. The van der Waals surface area contributed by atoms with E-state index in [0.717, 1.165) is 12.8 Å². The second kappa shape index (κ2) is 9.63. The molecule has 2 heteroatoms. The zero-order chi connectivity index (χ0) is 25.2. The van der Waals surface area contributed by atoms with Gasteiger partial charge in [-0.1, -0.05) is 80.6 Å². The lowest BCUT2D eigenvalue weighted by atomic mass is 9.89. The van der Waals surface area contributed by atoms with Crippen LogP contribution in [0.4, 0.5) is 0 Å². The van der Waals surface area contributed by atoms with Gasteiger partial charge in [-0.3, -0.25) is 0 Å². The van der Waals surface area contributed by atoms with Gasteiger partial charge in [-0.25, -0.2) is 0 Å². The predicted molar refractivity (Wildman–Crippen MR) is 152 cm³/mol. The van der Waals surface area contributed by atoms with E-state index in [-0.39, 0.29) is 5.54 Å². The Morgan fingerprint density at radius 3 is 2.11 bits per heavy atom. The SMILES string of the molecule is CCC1(CC)C=Cc2ccccc2-c2cc(-c3ccccc3)cc[n+]2-c2ccccc2-c2cccc[n+]21. The van der Waals surface area contributed by atoms with Crippen molar-refractivity contribution in [3.8, 4) is 39.3 Å². The number of pyridine rings is 2. The molecule has 1 aliphatic rings. The molecule has 2 nitrogen and oxygen atoms in total. The average Bonchev–Trinajstić information content (AvgIpc) is 3.00. The van der Waals surface area contributed by atoms with Crippen molar-refractivity contribution in [3.05, 3.63) is 133 Å². The average molecular weight is 481 g/mol. The van der Waals surface area contributed by atoms with Gasteiger partial charge in [-0.15, -0.1) is 0 Å². The van der Waals surface area contributed by atoms with Gasteiger partial charge in [0, 0.05) is 43.2 Å². The molecular formula is C35H32N2+2.